The Hall–Kier alpha value is -1.29. The molecule has 1 aliphatic rings. The lowest BCUT2D eigenvalue weighted by molar-refractivity contribution is 0.555. The van der Waals surface area contributed by atoms with Gasteiger partial charge in [-0.15, -0.1) is 0 Å². The molecule has 1 aromatic carbocycles. The minimum absolute atomic E-state index is 0.0749. The standard InChI is InChI=1S/C15H19N/c1-11(2)8-15(10-16)14-7-6-12-4-3-5-13(12)9-14/h6-7,9,11,15H,3-5,8H2,1-2H3. The third-order valence-corrected chi connectivity index (χ3v) is 3.39. The van der Waals surface area contributed by atoms with Gasteiger partial charge in [-0.05, 0) is 48.3 Å². The van der Waals surface area contributed by atoms with Gasteiger partial charge in [0.1, 0.15) is 0 Å². The molecule has 0 aromatic heterocycles. The lowest BCUT2D eigenvalue weighted by Gasteiger charge is -2.13. The van der Waals surface area contributed by atoms with Gasteiger partial charge in [0.25, 0.3) is 0 Å². The van der Waals surface area contributed by atoms with Crippen LogP contribution in [0.4, 0.5) is 0 Å². The van der Waals surface area contributed by atoms with E-state index in [1.54, 1.807) is 0 Å². The summed E-state index contributed by atoms with van der Waals surface area (Å²) < 4.78 is 0. The van der Waals surface area contributed by atoms with Gasteiger partial charge in [0, 0.05) is 0 Å². The molecular weight excluding hydrogens is 194 g/mol. The van der Waals surface area contributed by atoms with Crippen LogP contribution in [0.1, 0.15) is 49.3 Å². The summed E-state index contributed by atoms with van der Waals surface area (Å²) in [5.74, 6) is 0.656. The van der Waals surface area contributed by atoms with Crippen LogP contribution in [-0.4, -0.2) is 0 Å². The molecule has 0 radical (unpaired) electrons. The topological polar surface area (TPSA) is 23.8 Å². The second-order valence-corrected chi connectivity index (χ2v) is 5.19. The molecule has 0 heterocycles. The Bertz CT molecular complexity index is 412. The van der Waals surface area contributed by atoms with Gasteiger partial charge >= 0.3 is 0 Å². The fourth-order valence-corrected chi connectivity index (χ4v) is 2.54. The summed E-state index contributed by atoms with van der Waals surface area (Å²) >= 11 is 0. The minimum atomic E-state index is 0.0749. The van der Waals surface area contributed by atoms with Crippen LogP contribution >= 0.6 is 0 Å². The van der Waals surface area contributed by atoms with E-state index in [4.69, 9.17) is 0 Å². The average Bonchev–Trinajstić information content (AvgIpc) is 2.72. The number of hydrogen-bond donors (Lipinski definition) is 0. The Morgan fingerprint density at radius 2 is 2.00 bits per heavy atom. The van der Waals surface area contributed by atoms with E-state index < -0.39 is 0 Å². The van der Waals surface area contributed by atoms with Gasteiger partial charge in [0.15, 0.2) is 0 Å². The van der Waals surface area contributed by atoms with Crippen molar-refractivity contribution in [1.29, 1.82) is 5.26 Å². The van der Waals surface area contributed by atoms with Crippen LogP contribution in [0.2, 0.25) is 0 Å². The zero-order valence-electron chi connectivity index (χ0n) is 10.2. The van der Waals surface area contributed by atoms with Crippen LogP contribution in [0.3, 0.4) is 0 Å². The molecule has 1 nitrogen and oxygen atoms in total. The summed E-state index contributed by atoms with van der Waals surface area (Å²) in [5, 5.41) is 9.23. The highest BCUT2D eigenvalue weighted by molar-refractivity contribution is 5.38. The van der Waals surface area contributed by atoms with Crippen molar-refractivity contribution in [2.75, 3.05) is 0 Å². The molecule has 0 amide bonds. The maximum atomic E-state index is 9.23. The van der Waals surface area contributed by atoms with Gasteiger partial charge in [0.05, 0.1) is 12.0 Å². The van der Waals surface area contributed by atoms with Crippen molar-refractivity contribution in [3.05, 3.63) is 34.9 Å². The average molecular weight is 213 g/mol. The first-order chi connectivity index (χ1) is 7.70. The summed E-state index contributed by atoms with van der Waals surface area (Å²) in [6.45, 7) is 4.36. The molecular formula is C15H19N. The first-order valence-corrected chi connectivity index (χ1v) is 6.22. The molecule has 1 atom stereocenters. The van der Waals surface area contributed by atoms with Crippen LogP contribution in [0.15, 0.2) is 18.2 Å². The fraction of sp³-hybridized carbons (Fsp3) is 0.533. The van der Waals surface area contributed by atoms with Crippen molar-refractivity contribution < 1.29 is 0 Å². The highest BCUT2D eigenvalue weighted by Crippen LogP contribution is 2.28. The maximum Gasteiger partial charge on any atom is 0.0715 e. The zero-order valence-corrected chi connectivity index (χ0v) is 10.2. The van der Waals surface area contributed by atoms with E-state index in [-0.39, 0.29) is 5.92 Å². The fourth-order valence-electron chi connectivity index (χ4n) is 2.54. The molecule has 1 unspecified atom stereocenters. The highest BCUT2D eigenvalue weighted by atomic mass is 14.3. The van der Waals surface area contributed by atoms with Gasteiger partial charge in [-0.1, -0.05) is 32.0 Å². The predicted octanol–water partition coefficient (Wildman–Crippen LogP) is 3.83. The number of rotatable bonds is 3. The summed E-state index contributed by atoms with van der Waals surface area (Å²) in [7, 11) is 0. The molecule has 1 aliphatic carbocycles. The molecule has 0 aliphatic heterocycles. The Kier molecular flexibility index (Phi) is 3.29. The third kappa shape index (κ3) is 2.27. The van der Waals surface area contributed by atoms with Crippen molar-refractivity contribution in [3.63, 3.8) is 0 Å². The monoisotopic (exact) mass is 213 g/mol. The minimum Gasteiger partial charge on any atom is -0.198 e. The molecule has 0 spiro atoms. The molecule has 0 saturated heterocycles. The van der Waals surface area contributed by atoms with Gasteiger partial charge in [-0.3, -0.25) is 0 Å². The second-order valence-electron chi connectivity index (χ2n) is 5.19. The molecule has 0 N–H and O–H groups in total. The van der Waals surface area contributed by atoms with Crippen molar-refractivity contribution in [2.45, 2.75) is 45.4 Å². The predicted molar refractivity (Wildman–Crippen MR) is 66.3 cm³/mol. The summed E-state index contributed by atoms with van der Waals surface area (Å²) in [6.07, 6.45) is 4.66. The Morgan fingerprint density at radius 3 is 2.69 bits per heavy atom. The largest absolute Gasteiger partial charge is 0.198 e. The molecule has 1 heteroatoms. The summed E-state index contributed by atoms with van der Waals surface area (Å²) in [6, 6.07) is 9.08. The first kappa shape index (κ1) is 11.2. The van der Waals surface area contributed by atoms with Gasteiger partial charge < -0.3 is 0 Å². The summed E-state index contributed by atoms with van der Waals surface area (Å²) in [5.41, 5.74) is 4.18. The highest BCUT2D eigenvalue weighted by Gasteiger charge is 2.16. The van der Waals surface area contributed by atoms with Crippen LogP contribution in [0.5, 0.6) is 0 Å². The quantitative estimate of drug-likeness (QED) is 0.748. The number of benzene rings is 1. The van der Waals surface area contributed by atoms with Crippen LogP contribution in [0, 0.1) is 17.2 Å². The van der Waals surface area contributed by atoms with E-state index in [1.165, 1.54) is 36.0 Å². The number of nitrogens with zero attached hydrogens (tertiary/aromatic N) is 1. The van der Waals surface area contributed by atoms with E-state index in [2.05, 4.69) is 38.1 Å². The van der Waals surface area contributed by atoms with Crippen molar-refractivity contribution in [3.8, 4) is 6.07 Å². The molecule has 2 rings (SSSR count). The number of nitriles is 1. The molecule has 16 heavy (non-hydrogen) atoms. The van der Waals surface area contributed by atoms with E-state index in [1.807, 2.05) is 0 Å². The van der Waals surface area contributed by atoms with Gasteiger partial charge in [-0.25, -0.2) is 0 Å². The Labute approximate surface area is 98.1 Å². The normalized spacial score (nSPS) is 15.9. The van der Waals surface area contributed by atoms with Crippen LogP contribution in [0.25, 0.3) is 0 Å². The molecule has 0 fully saturated rings. The second kappa shape index (κ2) is 4.70. The SMILES string of the molecule is CC(C)CC(C#N)c1ccc2c(c1)CCC2. The summed E-state index contributed by atoms with van der Waals surface area (Å²) in [4.78, 5) is 0. The molecule has 84 valence electrons. The number of aryl methyl sites for hydroxylation is 2. The van der Waals surface area contributed by atoms with Crippen LogP contribution in [-0.2, 0) is 12.8 Å². The lowest BCUT2D eigenvalue weighted by atomic mass is 9.90. The maximum absolute atomic E-state index is 9.23. The first-order valence-electron chi connectivity index (χ1n) is 6.22. The smallest absolute Gasteiger partial charge is 0.0715 e. The van der Waals surface area contributed by atoms with Crippen molar-refractivity contribution >= 4 is 0 Å². The third-order valence-electron chi connectivity index (χ3n) is 3.39. The number of fused-ring (bicyclic) bond motifs is 1. The van der Waals surface area contributed by atoms with Gasteiger partial charge in [0.2, 0.25) is 0 Å². The van der Waals surface area contributed by atoms with Crippen molar-refractivity contribution in [2.24, 2.45) is 5.92 Å². The Morgan fingerprint density at radius 1 is 1.25 bits per heavy atom. The van der Waals surface area contributed by atoms with E-state index >= 15 is 0 Å². The van der Waals surface area contributed by atoms with E-state index in [9.17, 15) is 5.26 Å². The Balaban J connectivity index is 2.23. The van der Waals surface area contributed by atoms with E-state index in [0.29, 0.717) is 5.92 Å². The van der Waals surface area contributed by atoms with Gasteiger partial charge in [-0.2, -0.15) is 5.26 Å². The van der Waals surface area contributed by atoms with Crippen molar-refractivity contribution in [1.82, 2.24) is 0 Å². The number of hydrogen-bond acceptors (Lipinski definition) is 1. The molecule has 0 bridgehead atoms. The molecule has 0 saturated carbocycles. The molecule has 1 aromatic rings. The van der Waals surface area contributed by atoms with Crippen LogP contribution < -0.4 is 0 Å². The zero-order chi connectivity index (χ0) is 11.5. The van der Waals surface area contributed by atoms with E-state index in [0.717, 1.165) is 6.42 Å². The lowest BCUT2D eigenvalue weighted by Crippen LogP contribution is -2.01.